The predicted molar refractivity (Wildman–Crippen MR) is 78.9 cm³/mol. The van der Waals surface area contributed by atoms with Crippen molar-refractivity contribution in [2.45, 2.75) is 6.92 Å². The fourth-order valence-electron chi connectivity index (χ4n) is 1.98. The van der Waals surface area contributed by atoms with E-state index in [-0.39, 0.29) is 10.9 Å². The first kappa shape index (κ1) is 13.6. The maximum Gasteiger partial charge on any atom is 0.220 e. The summed E-state index contributed by atoms with van der Waals surface area (Å²) in [6.07, 6.45) is 1.73. The Balaban J connectivity index is 2.54. The van der Waals surface area contributed by atoms with E-state index < -0.39 is 0 Å². The summed E-state index contributed by atoms with van der Waals surface area (Å²) in [5, 5.41) is -0.0719. The van der Waals surface area contributed by atoms with Crippen molar-refractivity contribution in [2.24, 2.45) is 0 Å². The molecule has 0 atom stereocenters. The summed E-state index contributed by atoms with van der Waals surface area (Å²) in [4.78, 5) is 24.5. The van der Waals surface area contributed by atoms with Crippen LogP contribution >= 0.6 is 11.8 Å². The standard InChI is InChI=1S/C16H14O2S/c1-11-7-6-10-13(14(11)16(18)19-2)15(17)12-8-4-3-5-9-12/h3-10H,1-2H3. The molecule has 0 spiro atoms. The van der Waals surface area contributed by atoms with Crippen LogP contribution in [0.15, 0.2) is 48.5 Å². The third-order valence-electron chi connectivity index (χ3n) is 2.94. The maximum atomic E-state index is 12.5. The first-order chi connectivity index (χ1) is 9.15. The summed E-state index contributed by atoms with van der Waals surface area (Å²) in [5.74, 6) is -0.110. The Morgan fingerprint density at radius 1 is 0.947 bits per heavy atom. The number of ketones is 1. The fourth-order valence-corrected chi connectivity index (χ4v) is 2.45. The van der Waals surface area contributed by atoms with E-state index >= 15 is 0 Å². The summed E-state index contributed by atoms with van der Waals surface area (Å²) >= 11 is 1.13. The highest BCUT2D eigenvalue weighted by molar-refractivity contribution is 8.13. The zero-order chi connectivity index (χ0) is 13.8. The van der Waals surface area contributed by atoms with Gasteiger partial charge in [-0.3, -0.25) is 9.59 Å². The minimum Gasteiger partial charge on any atom is -0.289 e. The normalized spacial score (nSPS) is 10.2. The van der Waals surface area contributed by atoms with Crippen LogP contribution in [-0.2, 0) is 0 Å². The molecule has 0 saturated heterocycles. The van der Waals surface area contributed by atoms with E-state index in [1.165, 1.54) is 0 Å². The summed E-state index contributed by atoms with van der Waals surface area (Å²) < 4.78 is 0. The van der Waals surface area contributed by atoms with E-state index in [0.29, 0.717) is 16.7 Å². The van der Waals surface area contributed by atoms with Crippen molar-refractivity contribution in [3.8, 4) is 0 Å². The van der Waals surface area contributed by atoms with E-state index in [0.717, 1.165) is 17.3 Å². The maximum absolute atomic E-state index is 12.5. The van der Waals surface area contributed by atoms with Crippen molar-refractivity contribution in [2.75, 3.05) is 6.26 Å². The van der Waals surface area contributed by atoms with Crippen molar-refractivity contribution in [3.05, 3.63) is 70.8 Å². The Bertz CT molecular complexity index is 618. The molecule has 0 aliphatic carbocycles. The molecule has 2 aromatic rings. The Morgan fingerprint density at radius 3 is 2.26 bits per heavy atom. The number of hydrogen-bond acceptors (Lipinski definition) is 3. The molecule has 0 amide bonds. The van der Waals surface area contributed by atoms with E-state index in [9.17, 15) is 9.59 Å². The molecule has 0 radical (unpaired) electrons. The molecular formula is C16H14O2S. The Morgan fingerprint density at radius 2 is 1.63 bits per heavy atom. The van der Waals surface area contributed by atoms with Crippen LogP contribution in [0.1, 0.15) is 31.8 Å². The molecular weight excluding hydrogens is 256 g/mol. The number of benzene rings is 2. The summed E-state index contributed by atoms with van der Waals surface area (Å²) in [6, 6.07) is 14.4. The van der Waals surface area contributed by atoms with Crippen LogP contribution in [0.3, 0.4) is 0 Å². The highest BCUT2D eigenvalue weighted by atomic mass is 32.2. The third-order valence-corrected chi connectivity index (χ3v) is 3.52. The average Bonchev–Trinajstić information content (AvgIpc) is 2.46. The topological polar surface area (TPSA) is 34.1 Å². The van der Waals surface area contributed by atoms with Crippen molar-refractivity contribution in [1.29, 1.82) is 0 Å². The summed E-state index contributed by atoms with van der Waals surface area (Å²) in [7, 11) is 0. The Kier molecular flexibility index (Phi) is 4.17. The average molecular weight is 270 g/mol. The molecule has 0 N–H and O–H groups in total. The van der Waals surface area contributed by atoms with Crippen LogP contribution in [0, 0.1) is 6.92 Å². The van der Waals surface area contributed by atoms with Crippen molar-refractivity contribution < 1.29 is 9.59 Å². The molecule has 2 rings (SSSR count). The molecule has 2 aromatic carbocycles. The first-order valence-corrected chi connectivity index (χ1v) is 7.15. The fraction of sp³-hybridized carbons (Fsp3) is 0.125. The van der Waals surface area contributed by atoms with Crippen molar-refractivity contribution >= 4 is 22.7 Å². The lowest BCUT2D eigenvalue weighted by Gasteiger charge is -2.09. The molecule has 0 bridgehead atoms. The van der Waals surface area contributed by atoms with Gasteiger partial charge < -0.3 is 0 Å². The van der Waals surface area contributed by atoms with Gasteiger partial charge in [0.15, 0.2) is 5.78 Å². The van der Waals surface area contributed by atoms with Gasteiger partial charge in [-0.2, -0.15) is 0 Å². The van der Waals surface area contributed by atoms with Gasteiger partial charge in [0, 0.05) is 16.7 Å². The largest absolute Gasteiger partial charge is 0.289 e. The molecule has 2 nitrogen and oxygen atoms in total. The molecule has 0 fully saturated rings. The van der Waals surface area contributed by atoms with Crippen molar-refractivity contribution in [3.63, 3.8) is 0 Å². The van der Waals surface area contributed by atoms with E-state index in [2.05, 4.69) is 0 Å². The number of carbonyl (C=O) groups is 2. The lowest BCUT2D eigenvalue weighted by atomic mass is 9.96. The number of aryl methyl sites for hydroxylation is 1. The van der Waals surface area contributed by atoms with Gasteiger partial charge >= 0.3 is 0 Å². The highest BCUT2D eigenvalue weighted by Gasteiger charge is 2.19. The number of hydrogen-bond donors (Lipinski definition) is 0. The van der Waals surface area contributed by atoms with Gasteiger partial charge in [-0.15, -0.1) is 0 Å². The smallest absolute Gasteiger partial charge is 0.220 e. The van der Waals surface area contributed by atoms with Gasteiger partial charge in [-0.1, -0.05) is 60.3 Å². The number of thioether (sulfide) groups is 1. The molecule has 3 heteroatoms. The van der Waals surface area contributed by atoms with Gasteiger partial charge in [0.25, 0.3) is 0 Å². The van der Waals surface area contributed by atoms with E-state index in [1.807, 2.05) is 37.3 Å². The van der Waals surface area contributed by atoms with Gasteiger partial charge in [-0.25, -0.2) is 0 Å². The van der Waals surface area contributed by atoms with Crippen LogP contribution in [0.4, 0.5) is 0 Å². The molecule has 0 heterocycles. The Hall–Kier alpha value is -1.87. The molecule has 0 unspecified atom stereocenters. The molecule has 0 aromatic heterocycles. The van der Waals surface area contributed by atoms with Crippen molar-refractivity contribution in [1.82, 2.24) is 0 Å². The van der Waals surface area contributed by atoms with Gasteiger partial charge in [-0.05, 0) is 18.7 Å². The molecule has 19 heavy (non-hydrogen) atoms. The Labute approximate surface area is 116 Å². The lowest BCUT2D eigenvalue weighted by Crippen LogP contribution is -2.09. The van der Waals surface area contributed by atoms with Crippen LogP contribution in [0.2, 0.25) is 0 Å². The number of carbonyl (C=O) groups excluding carboxylic acids is 2. The van der Waals surface area contributed by atoms with Crippen LogP contribution in [0.5, 0.6) is 0 Å². The first-order valence-electron chi connectivity index (χ1n) is 5.93. The van der Waals surface area contributed by atoms with Crippen LogP contribution in [0.25, 0.3) is 0 Å². The quantitative estimate of drug-likeness (QED) is 0.797. The van der Waals surface area contributed by atoms with E-state index in [4.69, 9.17) is 0 Å². The zero-order valence-electron chi connectivity index (χ0n) is 10.8. The van der Waals surface area contributed by atoms with Gasteiger partial charge in [0.1, 0.15) is 0 Å². The molecule has 96 valence electrons. The lowest BCUT2D eigenvalue weighted by molar-refractivity contribution is 0.102. The second-order valence-corrected chi connectivity index (χ2v) is 4.96. The molecule has 0 aliphatic heterocycles. The minimum absolute atomic E-state index is 0.0719. The predicted octanol–water partition coefficient (Wildman–Crippen LogP) is 3.73. The molecule has 0 saturated carbocycles. The van der Waals surface area contributed by atoms with Gasteiger partial charge in [0.05, 0.1) is 0 Å². The monoisotopic (exact) mass is 270 g/mol. The van der Waals surface area contributed by atoms with E-state index in [1.54, 1.807) is 24.5 Å². The van der Waals surface area contributed by atoms with Gasteiger partial charge in [0.2, 0.25) is 5.12 Å². The second-order valence-electron chi connectivity index (χ2n) is 4.18. The minimum atomic E-state index is -0.110. The highest BCUT2D eigenvalue weighted by Crippen LogP contribution is 2.22. The SMILES string of the molecule is CSC(=O)c1c(C)cccc1C(=O)c1ccccc1. The summed E-state index contributed by atoms with van der Waals surface area (Å²) in [6.45, 7) is 1.85. The zero-order valence-corrected chi connectivity index (χ0v) is 11.7. The second kappa shape index (κ2) is 5.85. The van der Waals surface area contributed by atoms with Crippen LogP contribution in [-0.4, -0.2) is 17.2 Å². The number of rotatable bonds is 3. The third kappa shape index (κ3) is 2.76. The summed E-state index contributed by atoms with van der Waals surface area (Å²) in [5.41, 5.74) is 2.43. The molecule has 0 aliphatic rings. The van der Waals surface area contributed by atoms with Crippen LogP contribution < -0.4 is 0 Å².